The molecule has 1 saturated carbocycles. The first-order chi connectivity index (χ1) is 8.20. The Morgan fingerprint density at radius 1 is 1.53 bits per heavy atom. The molecule has 0 heterocycles. The van der Waals surface area contributed by atoms with E-state index in [9.17, 15) is 9.90 Å². The maximum Gasteiger partial charge on any atom is 0.136 e. The van der Waals surface area contributed by atoms with Gasteiger partial charge in [0.25, 0.3) is 0 Å². The van der Waals surface area contributed by atoms with Crippen LogP contribution in [0.5, 0.6) is 5.75 Å². The molecule has 0 amide bonds. The molecule has 1 aromatic rings. The molecule has 17 heavy (non-hydrogen) atoms. The van der Waals surface area contributed by atoms with Crippen molar-refractivity contribution in [3.8, 4) is 5.75 Å². The SMILES string of the molecule is COc1cccc(C(O)CC2CCCC2=O)c1. The van der Waals surface area contributed by atoms with Crippen LogP contribution in [0.25, 0.3) is 0 Å². The van der Waals surface area contributed by atoms with Crippen molar-refractivity contribution >= 4 is 5.78 Å². The molecular weight excluding hydrogens is 216 g/mol. The van der Waals surface area contributed by atoms with Gasteiger partial charge in [-0.3, -0.25) is 4.79 Å². The summed E-state index contributed by atoms with van der Waals surface area (Å²) in [5.74, 6) is 1.07. The fourth-order valence-corrected chi connectivity index (χ4v) is 2.39. The van der Waals surface area contributed by atoms with Crippen LogP contribution in [0.1, 0.15) is 37.4 Å². The second kappa shape index (κ2) is 5.32. The Morgan fingerprint density at radius 3 is 3.00 bits per heavy atom. The van der Waals surface area contributed by atoms with Gasteiger partial charge < -0.3 is 9.84 Å². The molecule has 1 aliphatic carbocycles. The number of benzene rings is 1. The van der Waals surface area contributed by atoms with Crippen molar-refractivity contribution in [2.24, 2.45) is 5.92 Å². The number of aliphatic hydroxyl groups excluding tert-OH is 1. The Labute approximate surface area is 101 Å². The second-order valence-corrected chi connectivity index (χ2v) is 4.58. The highest BCUT2D eigenvalue weighted by molar-refractivity contribution is 5.82. The zero-order chi connectivity index (χ0) is 12.3. The van der Waals surface area contributed by atoms with E-state index >= 15 is 0 Å². The molecule has 0 spiro atoms. The van der Waals surface area contributed by atoms with Crippen LogP contribution in [0.4, 0.5) is 0 Å². The van der Waals surface area contributed by atoms with E-state index < -0.39 is 6.10 Å². The van der Waals surface area contributed by atoms with E-state index in [1.807, 2.05) is 24.3 Å². The molecular formula is C14H18O3. The smallest absolute Gasteiger partial charge is 0.136 e. The lowest BCUT2D eigenvalue weighted by atomic mass is 9.95. The zero-order valence-corrected chi connectivity index (χ0v) is 10.1. The molecule has 1 fully saturated rings. The first kappa shape index (κ1) is 12.1. The molecule has 3 heteroatoms. The highest BCUT2D eigenvalue weighted by Crippen LogP contribution is 2.31. The van der Waals surface area contributed by atoms with Crippen LogP contribution < -0.4 is 4.74 Å². The van der Waals surface area contributed by atoms with E-state index in [4.69, 9.17) is 4.74 Å². The molecule has 1 N–H and O–H groups in total. The summed E-state index contributed by atoms with van der Waals surface area (Å²) in [5, 5.41) is 10.1. The Kier molecular flexibility index (Phi) is 3.79. The summed E-state index contributed by atoms with van der Waals surface area (Å²) >= 11 is 0. The average molecular weight is 234 g/mol. The van der Waals surface area contributed by atoms with Crippen LogP contribution in [0.2, 0.25) is 0 Å². The van der Waals surface area contributed by atoms with E-state index in [1.165, 1.54) is 0 Å². The number of Topliss-reactive ketones (excluding diaryl/α,β-unsaturated/α-hetero) is 1. The van der Waals surface area contributed by atoms with Crippen molar-refractivity contribution in [1.82, 2.24) is 0 Å². The number of ketones is 1. The predicted octanol–water partition coefficient (Wildman–Crippen LogP) is 2.49. The maximum atomic E-state index is 11.5. The Hall–Kier alpha value is -1.35. The zero-order valence-electron chi connectivity index (χ0n) is 10.1. The van der Waals surface area contributed by atoms with Crippen molar-refractivity contribution in [1.29, 1.82) is 0 Å². The quantitative estimate of drug-likeness (QED) is 0.870. The fourth-order valence-electron chi connectivity index (χ4n) is 2.39. The number of hydrogen-bond acceptors (Lipinski definition) is 3. The summed E-state index contributed by atoms with van der Waals surface area (Å²) in [6.45, 7) is 0. The van der Waals surface area contributed by atoms with E-state index in [1.54, 1.807) is 7.11 Å². The number of rotatable bonds is 4. The van der Waals surface area contributed by atoms with Crippen LogP contribution >= 0.6 is 0 Å². The van der Waals surface area contributed by atoms with Gasteiger partial charge in [-0.25, -0.2) is 0 Å². The predicted molar refractivity (Wildman–Crippen MR) is 64.9 cm³/mol. The average Bonchev–Trinajstić information content (AvgIpc) is 2.75. The van der Waals surface area contributed by atoms with E-state index in [0.717, 1.165) is 24.2 Å². The van der Waals surface area contributed by atoms with Crippen molar-refractivity contribution in [2.75, 3.05) is 7.11 Å². The third-order valence-corrected chi connectivity index (χ3v) is 3.42. The molecule has 92 valence electrons. The van der Waals surface area contributed by atoms with Crippen molar-refractivity contribution in [3.63, 3.8) is 0 Å². The number of carbonyl (C=O) groups excluding carboxylic acids is 1. The first-order valence-electron chi connectivity index (χ1n) is 6.05. The van der Waals surface area contributed by atoms with Crippen LogP contribution in [-0.4, -0.2) is 18.0 Å². The van der Waals surface area contributed by atoms with Crippen LogP contribution in [-0.2, 0) is 4.79 Å². The maximum absolute atomic E-state index is 11.5. The molecule has 2 rings (SSSR count). The largest absolute Gasteiger partial charge is 0.497 e. The van der Waals surface area contributed by atoms with Crippen LogP contribution in [0.15, 0.2) is 24.3 Å². The van der Waals surface area contributed by atoms with E-state index in [0.29, 0.717) is 18.6 Å². The van der Waals surface area contributed by atoms with Gasteiger partial charge in [0.05, 0.1) is 13.2 Å². The molecule has 1 aromatic carbocycles. The Balaban J connectivity index is 2.03. The molecule has 0 aliphatic heterocycles. The van der Waals surface area contributed by atoms with E-state index in [2.05, 4.69) is 0 Å². The van der Waals surface area contributed by atoms with Gasteiger partial charge in [-0.15, -0.1) is 0 Å². The fraction of sp³-hybridized carbons (Fsp3) is 0.500. The van der Waals surface area contributed by atoms with Gasteiger partial charge in [0.2, 0.25) is 0 Å². The lowest BCUT2D eigenvalue weighted by Gasteiger charge is -2.15. The molecule has 1 aliphatic rings. The molecule has 0 aromatic heterocycles. The van der Waals surface area contributed by atoms with Gasteiger partial charge in [0.15, 0.2) is 0 Å². The molecule has 2 atom stereocenters. The molecule has 2 unspecified atom stereocenters. The lowest BCUT2D eigenvalue weighted by molar-refractivity contribution is -0.121. The molecule has 3 nitrogen and oxygen atoms in total. The van der Waals surface area contributed by atoms with Gasteiger partial charge in [-0.1, -0.05) is 12.1 Å². The van der Waals surface area contributed by atoms with Crippen LogP contribution in [0.3, 0.4) is 0 Å². The summed E-state index contributed by atoms with van der Waals surface area (Å²) < 4.78 is 5.12. The summed E-state index contributed by atoms with van der Waals surface area (Å²) in [6.07, 6.45) is 2.52. The van der Waals surface area contributed by atoms with Crippen molar-refractivity contribution < 1.29 is 14.6 Å². The third kappa shape index (κ3) is 2.86. The van der Waals surface area contributed by atoms with Crippen molar-refractivity contribution in [3.05, 3.63) is 29.8 Å². The van der Waals surface area contributed by atoms with E-state index in [-0.39, 0.29) is 5.92 Å². The summed E-state index contributed by atoms with van der Waals surface area (Å²) in [6, 6.07) is 7.39. The minimum Gasteiger partial charge on any atom is -0.497 e. The standard InChI is InChI=1S/C14H18O3/c1-17-12-6-2-4-10(8-12)14(16)9-11-5-3-7-13(11)15/h2,4,6,8,11,14,16H,3,5,7,9H2,1H3. The normalized spacial score (nSPS) is 21.5. The van der Waals surface area contributed by atoms with Gasteiger partial charge in [0, 0.05) is 12.3 Å². The van der Waals surface area contributed by atoms with Gasteiger partial charge in [-0.2, -0.15) is 0 Å². The molecule has 0 saturated heterocycles. The number of carbonyl (C=O) groups is 1. The number of hydrogen-bond donors (Lipinski definition) is 1. The molecule has 0 radical (unpaired) electrons. The molecule has 0 bridgehead atoms. The summed E-state index contributed by atoms with van der Waals surface area (Å²) in [4.78, 5) is 11.5. The second-order valence-electron chi connectivity index (χ2n) is 4.58. The topological polar surface area (TPSA) is 46.5 Å². The van der Waals surface area contributed by atoms with Gasteiger partial charge in [-0.05, 0) is 37.0 Å². The van der Waals surface area contributed by atoms with Gasteiger partial charge >= 0.3 is 0 Å². The van der Waals surface area contributed by atoms with Crippen LogP contribution in [0, 0.1) is 5.92 Å². The number of ether oxygens (including phenoxy) is 1. The third-order valence-electron chi connectivity index (χ3n) is 3.42. The minimum absolute atomic E-state index is 0.0381. The first-order valence-corrected chi connectivity index (χ1v) is 6.05. The summed E-state index contributed by atoms with van der Waals surface area (Å²) in [7, 11) is 1.60. The highest BCUT2D eigenvalue weighted by atomic mass is 16.5. The highest BCUT2D eigenvalue weighted by Gasteiger charge is 2.27. The Bertz CT molecular complexity index is 400. The van der Waals surface area contributed by atoms with Gasteiger partial charge in [0.1, 0.15) is 11.5 Å². The monoisotopic (exact) mass is 234 g/mol. The summed E-state index contributed by atoms with van der Waals surface area (Å²) in [5.41, 5.74) is 0.823. The Morgan fingerprint density at radius 2 is 2.35 bits per heavy atom. The number of methoxy groups -OCH3 is 1. The number of aliphatic hydroxyl groups is 1. The minimum atomic E-state index is -0.572. The lowest BCUT2D eigenvalue weighted by Crippen LogP contribution is -2.11. The van der Waals surface area contributed by atoms with Crippen molar-refractivity contribution in [2.45, 2.75) is 31.8 Å².